The van der Waals surface area contributed by atoms with Gasteiger partial charge < -0.3 is 10.2 Å². The number of rotatable bonds is 11. The van der Waals surface area contributed by atoms with E-state index in [0.29, 0.717) is 0 Å². The van der Waals surface area contributed by atoms with Crippen molar-refractivity contribution in [3.63, 3.8) is 0 Å². The van der Waals surface area contributed by atoms with Crippen LogP contribution in [-0.2, 0) is 0 Å². The Morgan fingerprint density at radius 1 is 0.850 bits per heavy atom. The summed E-state index contributed by atoms with van der Waals surface area (Å²) in [5.74, 6) is 1.67. The van der Waals surface area contributed by atoms with E-state index in [2.05, 4.69) is 37.9 Å². The molecular weight excluding hydrogens is 244 g/mol. The molecule has 0 aliphatic carbocycles. The van der Waals surface area contributed by atoms with Gasteiger partial charge in [-0.15, -0.1) is 0 Å². The van der Waals surface area contributed by atoms with Crippen molar-refractivity contribution in [1.82, 2.24) is 10.2 Å². The summed E-state index contributed by atoms with van der Waals surface area (Å²) in [5.41, 5.74) is 0. The molecule has 2 heteroatoms. The lowest BCUT2D eigenvalue weighted by molar-refractivity contribution is 0.319. The highest BCUT2D eigenvalue weighted by Crippen LogP contribution is 2.14. The quantitative estimate of drug-likeness (QED) is 0.568. The van der Waals surface area contributed by atoms with Crippen molar-refractivity contribution in [1.29, 1.82) is 0 Å². The maximum atomic E-state index is 3.83. The molecule has 0 aromatic carbocycles. The molecule has 1 fully saturated rings. The second kappa shape index (κ2) is 10.6. The van der Waals surface area contributed by atoms with Crippen molar-refractivity contribution in [2.75, 3.05) is 26.2 Å². The summed E-state index contributed by atoms with van der Waals surface area (Å²) < 4.78 is 0. The van der Waals surface area contributed by atoms with E-state index in [1.54, 1.807) is 0 Å². The van der Waals surface area contributed by atoms with Crippen LogP contribution >= 0.6 is 0 Å². The summed E-state index contributed by atoms with van der Waals surface area (Å²) in [7, 11) is 0. The van der Waals surface area contributed by atoms with Gasteiger partial charge in [-0.2, -0.15) is 0 Å². The monoisotopic (exact) mass is 282 g/mol. The van der Waals surface area contributed by atoms with Gasteiger partial charge in [0, 0.05) is 6.04 Å². The van der Waals surface area contributed by atoms with E-state index in [-0.39, 0.29) is 0 Å². The molecule has 1 aliphatic heterocycles. The van der Waals surface area contributed by atoms with Crippen molar-refractivity contribution in [3.05, 3.63) is 0 Å². The molecule has 1 saturated heterocycles. The highest BCUT2D eigenvalue weighted by Gasteiger charge is 2.12. The predicted octanol–water partition coefficient (Wildman–Crippen LogP) is 4.30. The molecule has 0 bridgehead atoms. The van der Waals surface area contributed by atoms with Crippen molar-refractivity contribution in [2.45, 2.75) is 78.7 Å². The zero-order chi connectivity index (χ0) is 14.8. The molecular formula is C18H38N2. The van der Waals surface area contributed by atoms with Gasteiger partial charge in [-0.05, 0) is 83.0 Å². The molecule has 0 saturated carbocycles. The molecule has 0 spiro atoms. The van der Waals surface area contributed by atoms with Gasteiger partial charge in [0.2, 0.25) is 0 Å². The van der Waals surface area contributed by atoms with E-state index in [4.69, 9.17) is 0 Å². The average Bonchev–Trinajstić information content (AvgIpc) is 2.89. The first-order valence-corrected chi connectivity index (χ1v) is 9.03. The van der Waals surface area contributed by atoms with Gasteiger partial charge in [-0.1, -0.05) is 27.7 Å². The molecule has 0 atom stereocenters. The van der Waals surface area contributed by atoms with Crippen LogP contribution in [0.5, 0.6) is 0 Å². The molecule has 1 rings (SSSR count). The van der Waals surface area contributed by atoms with Gasteiger partial charge in [0.05, 0.1) is 0 Å². The Bertz CT molecular complexity index is 207. The highest BCUT2D eigenvalue weighted by molar-refractivity contribution is 4.71. The summed E-state index contributed by atoms with van der Waals surface area (Å²) in [6.45, 7) is 14.5. The third-order valence-corrected chi connectivity index (χ3v) is 4.47. The topological polar surface area (TPSA) is 15.3 Å². The van der Waals surface area contributed by atoms with Crippen LogP contribution in [0, 0.1) is 11.8 Å². The molecule has 2 nitrogen and oxygen atoms in total. The molecule has 0 radical (unpaired) electrons. The Kier molecular flexibility index (Phi) is 9.54. The second-order valence-electron chi connectivity index (χ2n) is 7.50. The number of likely N-dealkylation sites (tertiary alicyclic amines) is 1. The molecule has 0 amide bonds. The first-order valence-electron chi connectivity index (χ1n) is 9.03. The third kappa shape index (κ3) is 8.97. The van der Waals surface area contributed by atoms with Gasteiger partial charge in [-0.25, -0.2) is 0 Å². The maximum absolute atomic E-state index is 3.83. The van der Waals surface area contributed by atoms with Crippen molar-refractivity contribution >= 4 is 0 Å². The lowest BCUT2D eigenvalue weighted by Crippen LogP contribution is -2.32. The Morgan fingerprint density at radius 2 is 1.40 bits per heavy atom. The van der Waals surface area contributed by atoms with Gasteiger partial charge in [0.1, 0.15) is 0 Å². The van der Waals surface area contributed by atoms with E-state index in [0.717, 1.165) is 17.9 Å². The fraction of sp³-hybridized carbons (Fsp3) is 1.00. The van der Waals surface area contributed by atoms with Crippen LogP contribution in [0.4, 0.5) is 0 Å². The Labute approximate surface area is 127 Å². The zero-order valence-corrected chi connectivity index (χ0v) is 14.5. The van der Waals surface area contributed by atoms with Crippen LogP contribution in [0.1, 0.15) is 72.6 Å². The lowest BCUT2D eigenvalue weighted by Gasteiger charge is -2.22. The smallest absolute Gasteiger partial charge is 0.00672 e. The Morgan fingerprint density at radius 3 is 1.90 bits per heavy atom. The standard InChI is InChI=1S/C18H38N2/c1-16(2)8-10-18(11-9-17(3)4)19-12-7-15-20-13-5-6-14-20/h16-19H,5-15H2,1-4H3. The van der Waals surface area contributed by atoms with Crippen LogP contribution in [0.25, 0.3) is 0 Å². The Hall–Kier alpha value is -0.0800. The molecule has 120 valence electrons. The summed E-state index contributed by atoms with van der Waals surface area (Å²) in [6.07, 6.45) is 9.59. The fourth-order valence-corrected chi connectivity index (χ4v) is 3.03. The van der Waals surface area contributed by atoms with Crippen LogP contribution < -0.4 is 5.32 Å². The van der Waals surface area contributed by atoms with Crippen LogP contribution in [0.3, 0.4) is 0 Å². The molecule has 0 aromatic heterocycles. The zero-order valence-electron chi connectivity index (χ0n) is 14.5. The third-order valence-electron chi connectivity index (χ3n) is 4.47. The molecule has 1 aliphatic rings. The minimum atomic E-state index is 0.748. The Balaban J connectivity index is 2.13. The van der Waals surface area contributed by atoms with E-state index in [1.165, 1.54) is 71.1 Å². The summed E-state index contributed by atoms with van der Waals surface area (Å²) in [6, 6.07) is 0.748. The van der Waals surface area contributed by atoms with Crippen molar-refractivity contribution in [3.8, 4) is 0 Å². The highest BCUT2D eigenvalue weighted by atomic mass is 15.1. The number of hydrogen-bond donors (Lipinski definition) is 1. The minimum Gasteiger partial charge on any atom is -0.314 e. The van der Waals surface area contributed by atoms with Crippen molar-refractivity contribution < 1.29 is 0 Å². The van der Waals surface area contributed by atoms with Crippen molar-refractivity contribution in [2.24, 2.45) is 11.8 Å². The number of nitrogens with zero attached hydrogens (tertiary/aromatic N) is 1. The number of hydrogen-bond acceptors (Lipinski definition) is 2. The fourth-order valence-electron chi connectivity index (χ4n) is 3.03. The summed E-state index contributed by atoms with van der Waals surface area (Å²) >= 11 is 0. The van der Waals surface area contributed by atoms with E-state index >= 15 is 0 Å². The molecule has 0 aromatic rings. The first kappa shape index (κ1) is 18.0. The molecule has 0 unspecified atom stereocenters. The van der Waals surface area contributed by atoms with Gasteiger partial charge in [0.15, 0.2) is 0 Å². The summed E-state index contributed by atoms with van der Waals surface area (Å²) in [4.78, 5) is 2.62. The molecule has 1 N–H and O–H groups in total. The molecule has 20 heavy (non-hydrogen) atoms. The van der Waals surface area contributed by atoms with Crippen LogP contribution in [0.2, 0.25) is 0 Å². The normalized spacial score (nSPS) is 16.9. The number of nitrogens with one attached hydrogen (secondary N) is 1. The van der Waals surface area contributed by atoms with Crippen LogP contribution in [0.15, 0.2) is 0 Å². The summed E-state index contributed by atoms with van der Waals surface area (Å²) in [5, 5.41) is 3.83. The maximum Gasteiger partial charge on any atom is 0.00672 e. The van der Waals surface area contributed by atoms with E-state index in [1.807, 2.05) is 0 Å². The van der Waals surface area contributed by atoms with E-state index in [9.17, 15) is 0 Å². The van der Waals surface area contributed by atoms with Gasteiger partial charge >= 0.3 is 0 Å². The largest absolute Gasteiger partial charge is 0.314 e. The van der Waals surface area contributed by atoms with Crippen LogP contribution in [-0.4, -0.2) is 37.1 Å². The second-order valence-corrected chi connectivity index (χ2v) is 7.50. The van der Waals surface area contributed by atoms with E-state index < -0.39 is 0 Å². The first-order chi connectivity index (χ1) is 9.58. The molecule has 1 heterocycles. The predicted molar refractivity (Wildman–Crippen MR) is 90.2 cm³/mol. The van der Waals surface area contributed by atoms with Gasteiger partial charge in [0.25, 0.3) is 0 Å². The van der Waals surface area contributed by atoms with Gasteiger partial charge in [-0.3, -0.25) is 0 Å². The lowest BCUT2D eigenvalue weighted by atomic mass is 9.97. The SMILES string of the molecule is CC(C)CCC(CCC(C)C)NCCCN1CCCC1. The average molecular weight is 283 g/mol. The minimum absolute atomic E-state index is 0.748.